The zero-order chi connectivity index (χ0) is 15.2. The van der Waals surface area contributed by atoms with Crippen molar-refractivity contribution >= 4 is 0 Å². The molecule has 0 aliphatic carbocycles. The Morgan fingerprint density at radius 2 is 1.90 bits per heavy atom. The van der Waals surface area contributed by atoms with Crippen LogP contribution in [0.2, 0.25) is 0 Å². The predicted molar refractivity (Wildman–Crippen MR) is 89.1 cm³/mol. The molecule has 0 saturated heterocycles. The van der Waals surface area contributed by atoms with Gasteiger partial charge in [0.05, 0.1) is 0 Å². The zero-order valence-electron chi connectivity index (χ0n) is 13.4. The quantitative estimate of drug-likeness (QED) is 0.791. The summed E-state index contributed by atoms with van der Waals surface area (Å²) in [6.07, 6.45) is 1.14. The maximum absolute atomic E-state index is 6.03. The van der Waals surface area contributed by atoms with Crippen LogP contribution in [0.3, 0.4) is 0 Å². The molecule has 2 aromatic carbocycles. The van der Waals surface area contributed by atoms with Crippen molar-refractivity contribution in [2.45, 2.75) is 40.2 Å². The normalized spacial score (nSPS) is 12.2. The third-order valence-corrected chi connectivity index (χ3v) is 3.62. The average Bonchev–Trinajstić information content (AvgIpc) is 2.48. The van der Waals surface area contributed by atoms with Crippen molar-refractivity contribution in [2.24, 2.45) is 0 Å². The van der Waals surface area contributed by atoms with E-state index in [-0.39, 0.29) is 0 Å². The van der Waals surface area contributed by atoms with Gasteiger partial charge in [0.2, 0.25) is 0 Å². The standard InChI is InChI=1S/C19H25NO/c1-5-11-20-16(4)17-7-6-8-18(13-17)21-19-10-9-14(2)12-15(19)3/h6-10,12-13,16,20H,5,11H2,1-4H3. The molecule has 2 rings (SSSR count). The van der Waals surface area contributed by atoms with Crippen molar-refractivity contribution in [3.8, 4) is 11.5 Å². The second-order valence-corrected chi connectivity index (χ2v) is 5.62. The van der Waals surface area contributed by atoms with Crippen LogP contribution in [0.15, 0.2) is 42.5 Å². The number of rotatable bonds is 6. The van der Waals surface area contributed by atoms with Crippen LogP contribution >= 0.6 is 0 Å². The molecular weight excluding hydrogens is 258 g/mol. The Balaban J connectivity index is 2.13. The molecule has 1 unspecified atom stereocenters. The number of ether oxygens (including phenoxy) is 1. The molecule has 0 spiro atoms. The molecule has 2 heteroatoms. The Labute approximate surface area is 128 Å². The summed E-state index contributed by atoms with van der Waals surface area (Å²) < 4.78 is 6.03. The van der Waals surface area contributed by atoms with Gasteiger partial charge < -0.3 is 10.1 Å². The Morgan fingerprint density at radius 3 is 2.62 bits per heavy atom. The third kappa shape index (κ3) is 4.33. The highest BCUT2D eigenvalue weighted by Crippen LogP contribution is 2.27. The minimum Gasteiger partial charge on any atom is -0.457 e. The number of hydrogen-bond acceptors (Lipinski definition) is 2. The van der Waals surface area contributed by atoms with E-state index in [1.54, 1.807) is 0 Å². The van der Waals surface area contributed by atoms with Crippen LogP contribution in [-0.4, -0.2) is 6.54 Å². The number of aryl methyl sites for hydroxylation is 2. The molecule has 0 fully saturated rings. The van der Waals surface area contributed by atoms with Crippen LogP contribution in [0.25, 0.3) is 0 Å². The van der Waals surface area contributed by atoms with Crippen molar-refractivity contribution in [1.82, 2.24) is 5.32 Å². The minimum absolute atomic E-state index is 0.340. The summed E-state index contributed by atoms with van der Waals surface area (Å²) in [5.74, 6) is 1.82. The third-order valence-electron chi connectivity index (χ3n) is 3.62. The van der Waals surface area contributed by atoms with E-state index in [2.05, 4.69) is 63.3 Å². The summed E-state index contributed by atoms with van der Waals surface area (Å²) in [6.45, 7) is 9.57. The molecule has 0 saturated carbocycles. The molecule has 2 nitrogen and oxygen atoms in total. The lowest BCUT2D eigenvalue weighted by atomic mass is 10.1. The largest absolute Gasteiger partial charge is 0.457 e. The van der Waals surface area contributed by atoms with Gasteiger partial charge in [-0.15, -0.1) is 0 Å². The fourth-order valence-electron chi connectivity index (χ4n) is 2.37. The summed E-state index contributed by atoms with van der Waals surface area (Å²) in [6, 6.07) is 14.9. The summed E-state index contributed by atoms with van der Waals surface area (Å²) in [4.78, 5) is 0. The average molecular weight is 283 g/mol. The monoisotopic (exact) mass is 283 g/mol. The smallest absolute Gasteiger partial charge is 0.130 e. The van der Waals surface area contributed by atoms with E-state index in [9.17, 15) is 0 Å². The lowest BCUT2D eigenvalue weighted by molar-refractivity contribution is 0.476. The first kappa shape index (κ1) is 15.6. The van der Waals surface area contributed by atoms with E-state index in [4.69, 9.17) is 4.74 Å². The molecular formula is C19H25NO. The Hall–Kier alpha value is -1.80. The molecule has 2 aromatic rings. The van der Waals surface area contributed by atoms with Crippen molar-refractivity contribution in [3.63, 3.8) is 0 Å². The van der Waals surface area contributed by atoms with Gasteiger partial charge in [-0.2, -0.15) is 0 Å². The van der Waals surface area contributed by atoms with E-state index in [1.807, 2.05) is 12.1 Å². The first-order valence-corrected chi connectivity index (χ1v) is 7.68. The molecule has 0 heterocycles. The Morgan fingerprint density at radius 1 is 1.10 bits per heavy atom. The van der Waals surface area contributed by atoms with Gasteiger partial charge in [-0.25, -0.2) is 0 Å². The van der Waals surface area contributed by atoms with E-state index in [1.165, 1.54) is 11.1 Å². The lowest BCUT2D eigenvalue weighted by Crippen LogP contribution is -2.19. The van der Waals surface area contributed by atoms with Crippen LogP contribution < -0.4 is 10.1 Å². The minimum atomic E-state index is 0.340. The first-order chi connectivity index (χ1) is 10.1. The van der Waals surface area contributed by atoms with Gasteiger partial charge in [-0.1, -0.05) is 36.8 Å². The molecule has 0 aliphatic heterocycles. The first-order valence-electron chi connectivity index (χ1n) is 7.68. The molecule has 0 amide bonds. The van der Waals surface area contributed by atoms with Gasteiger partial charge in [0, 0.05) is 6.04 Å². The molecule has 0 bridgehead atoms. The fourth-order valence-corrected chi connectivity index (χ4v) is 2.37. The molecule has 1 atom stereocenters. The van der Waals surface area contributed by atoms with Crippen LogP contribution in [-0.2, 0) is 0 Å². The number of benzene rings is 2. The fraction of sp³-hybridized carbons (Fsp3) is 0.368. The second kappa shape index (κ2) is 7.28. The van der Waals surface area contributed by atoms with Crippen LogP contribution in [0, 0.1) is 13.8 Å². The zero-order valence-corrected chi connectivity index (χ0v) is 13.4. The molecule has 112 valence electrons. The molecule has 0 aromatic heterocycles. The van der Waals surface area contributed by atoms with Crippen molar-refractivity contribution in [1.29, 1.82) is 0 Å². The van der Waals surface area contributed by atoms with Crippen LogP contribution in [0.4, 0.5) is 0 Å². The van der Waals surface area contributed by atoms with Crippen LogP contribution in [0.5, 0.6) is 11.5 Å². The molecule has 21 heavy (non-hydrogen) atoms. The highest BCUT2D eigenvalue weighted by atomic mass is 16.5. The van der Waals surface area contributed by atoms with Crippen LogP contribution in [0.1, 0.15) is 43.0 Å². The SMILES string of the molecule is CCCNC(C)c1cccc(Oc2ccc(C)cc2C)c1. The molecule has 1 N–H and O–H groups in total. The molecule has 0 radical (unpaired) electrons. The van der Waals surface area contributed by atoms with E-state index >= 15 is 0 Å². The van der Waals surface area contributed by atoms with Gasteiger partial charge in [-0.05, 0) is 63.1 Å². The molecule has 0 aliphatic rings. The Bertz CT molecular complexity index is 592. The Kier molecular flexibility index (Phi) is 5.40. The highest BCUT2D eigenvalue weighted by Gasteiger charge is 2.07. The van der Waals surface area contributed by atoms with E-state index in [0.29, 0.717) is 6.04 Å². The maximum atomic E-state index is 6.03. The van der Waals surface area contributed by atoms with Crippen molar-refractivity contribution in [3.05, 3.63) is 59.2 Å². The van der Waals surface area contributed by atoms with Crippen molar-refractivity contribution < 1.29 is 4.74 Å². The van der Waals surface area contributed by atoms with E-state index in [0.717, 1.165) is 30.0 Å². The summed E-state index contributed by atoms with van der Waals surface area (Å²) in [5.41, 5.74) is 3.68. The summed E-state index contributed by atoms with van der Waals surface area (Å²) >= 11 is 0. The maximum Gasteiger partial charge on any atom is 0.130 e. The van der Waals surface area contributed by atoms with E-state index < -0.39 is 0 Å². The topological polar surface area (TPSA) is 21.3 Å². The van der Waals surface area contributed by atoms with Crippen molar-refractivity contribution in [2.75, 3.05) is 6.54 Å². The number of hydrogen-bond donors (Lipinski definition) is 1. The second-order valence-electron chi connectivity index (χ2n) is 5.62. The van der Waals surface area contributed by atoms with Gasteiger partial charge in [0.15, 0.2) is 0 Å². The van der Waals surface area contributed by atoms with Gasteiger partial charge in [0.1, 0.15) is 11.5 Å². The lowest BCUT2D eigenvalue weighted by Gasteiger charge is -2.15. The summed E-state index contributed by atoms with van der Waals surface area (Å²) in [5, 5.41) is 3.50. The highest BCUT2D eigenvalue weighted by molar-refractivity contribution is 5.40. The summed E-state index contributed by atoms with van der Waals surface area (Å²) in [7, 11) is 0. The predicted octanol–water partition coefficient (Wildman–Crippen LogP) is 5.16. The van der Waals surface area contributed by atoms with Gasteiger partial charge >= 0.3 is 0 Å². The van der Waals surface area contributed by atoms with Gasteiger partial charge in [0.25, 0.3) is 0 Å². The van der Waals surface area contributed by atoms with Gasteiger partial charge in [-0.3, -0.25) is 0 Å². The number of nitrogens with one attached hydrogen (secondary N) is 1.